The molecule has 1 fully saturated rings. The maximum absolute atomic E-state index is 12.8. The van der Waals surface area contributed by atoms with Crippen LogP contribution in [0.5, 0.6) is 0 Å². The van der Waals surface area contributed by atoms with Crippen LogP contribution in [0.1, 0.15) is 43.7 Å². The van der Waals surface area contributed by atoms with Gasteiger partial charge >= 0.3 is 6.18 Å². The molecule has 0 aliphatic heterocycles. The van der Waals surface area contributed by atoms with Crippen molar-refractivity contribution in [3.8, 4) is 0 Å². The number of aliphatic hydroxyl groups is 1. The highest BCUT2D eigenvalue weighted by Crippen LogP contribution is 2.47. The van der Waals surface area contributed by atoms with Crippen molar-refractivity contribution in [3.63, 3.8) is 0 Å². The molecule has 17 heavy (non-hydrogen) atoms. The van der Waals surface area contributed by atoms with Gasteiger partial charge in [0.25, 0.3) is 0 Å². The van der Waals surface area contributed by atoms with Crippen LogP contribution in [-0.2, 0) is 11.8 Å². The minimum atomic E-state index is -4.37. The number of hydrogen-bond acceptors (Lipinski definition) is 2. The summed E-state index contributed by atoms with van der Waals surface area (Å²) in [5, 5.41) is 13.1. The molecular formula is C12H15F3OS. The monoisotopic (exact) mass is 264 g/mol. The molecule has 1 aliphatic carbocycles. The molecule has 0 bridgehead atoms. The van der Waals surface area contributed by atoms with Gasteiger partial charge in [0.2, 0.25) is 0 Å². The van der Waals surface area contributed by atoms with E-state index in [-0.39, 0.29) is 11.5 Å². The van der Waals surface area contributed by atoms with E-state index < -0.39 is 17.3 Å². The van der Waals surface area contributed by atoms with Crippen molar-refractivity contribution >= 4 is 11.3 Å². The molecule has 2 atom stereocenters. The second-order valence-corrected chi connectivity index (χ2v) is 5.51. The van der Waals surface area contributed by atoms with Crippen molar-refractivity contribution in [2.75, 3.05) is 0 Å². The first-order valence-electron chi connectivity index (χ1n) is 5.72. The van der Waals surface area contributed by atoms with Crippen LogP contribution >= 0.6 is 11.3 Å². The molecular weight excluding hydrogens is 249 g/mol. The highest BCUT2D eigenvalue weighted by Gasteiger charge is 2.45. The number of alkyl halides is 3. The molecule has 1 heterocycles. The first-order chi connectivity index (χ1) is 7.86. The molecule has 0 radical (unpaired) electrons. The van der Waals surface area contributed by atoms with E-state index in [2.05, 4.69) is 0 Å². The molecule has 2 rings (SSSR count). The van der Waals surface area contributed by atoms with E-state index in [0.717, 1.165) is 36.0 Å². The molecule has 0 aromatic carbocycles. The minimum absolute atomic E-state index is 0.0715. The number of halogens is 3. The molecule has 1 aromatic rings. The van der Waals surface area contributed by atoms with Crippen LogP contribution in [-0.4, -0.2) is 5.11 Å². The van der Waals surface area contributed by atoms with Crippen LogP contribution < -0.4 is 0 Å². The summed E-state index contributed by atoms with van der Waals surface area (Å²) in [6.07, 6.45) is -1.40. The average molecular weight is 264 g/mol. The van der Waals surface area contributed by atoms with Crippen LogP contribution in [0.25, 0.3) is 0 Å². The van der Waals surface area contributed by atoms with Crippen LogP contribution in [0.4, 0.5) is 13.2 Å². The van der Waals surface area contributed by atoms with Gasteiger partial charge in [0.1, 0.15) is 0 Å². The molecule has 5 heteroatoms. The lowest BCUT2D eigenvalue weighted by atomic mass is 9.72. The van der Waals surface area contributed by atoms with E-state index in [1.54, 1.807) is 0 Å². The Kier molecular flexibility index (Phi) is 3.25. The van der Waals surface area contributed by atoms with Crippen molar-refractivity contribution in [1.29, 1.82) is 0 Å². The van der Waals surface area contributed by atoms with E-state index >= 15 is 0 Å². The van der Waals surface area contributed by atoms with Gasteiger partial charge in [0.15, 0.2) is 0 Å². The van der Waals surface area contributed by atoms with Gasteiger partial charge < -0.3 is 5.11 Å². The first kappa shape index (κ1) is 12.9. The number of rotatable bonds is 1. The SMILES string of the molecule is CC1CCCCC1(O)c1cscc1C(F)(F)F. The number of thiophene rings is 1. The maximum atomic E-state index is 12.8. The summed E-state index contributed by atoms with van der Waals surface area (Å²) in [5.41, 5.74) is -1.90. The fraction of sp³-hybridized carbons (Fsp3) is 0.667. The molecule has 1 nitrogen and oxygen atoms in total. The molecule has 1 aliphatic rings. The van der Waals surface area contributed by atoms with Gasteiger partial charge in [0, 0.05) is 10.9 Å². The van der Waals surface area contributed by atoms with Crippen molar-refractivity contribution in [1.82, 2.24) is 0 Å². The van der Waals surface area contributed by atoms with E-state index in [0.29, 0.717) is 6.42 Å². The van der Waals surface area contributed by atoms with Crippen molar-refractivity contribution in [3.05, 3.63) is 21.9 Å². The summed E-state index contributed by atoms with van der Waals surface area (Å²) >= 11 is 1.01. The van der Waals surface area contributed by atoms with Gasteiger partial charge in [0.05, 0.1) is 11.2 Å². The topological polar surface area (TPSA) is 20.2 Å². The summed E-state index contributed by atoms with van der Waals surface area (Å²) in [7, 11) is 0. The van der Waals surface area contributed by atoms with Crippen molar-refractivity contribution in [2.24, 2.45) is 5.92 Å². The molecule has 96 valence electrons. The lowest BCUT2D eigenvalue weighted by molar-refractivity contribution is -0.142. The van der Waals surface area contributed by atoms with E-state index in [1.165, 1.54) is 5.38 Å². The Hall–Kier alpha value is -0.550. The van der Waals surface area contributed by atoms with Crippen LogP contribution in [0.2, 0.25) is 0 Å². The average Bonchev–Trinajstić information content (AvgIpc) is 2.71. The highest BCUT2D eigenvalue weighted by atomic mass is 32.1. The Labute approximate surface area is 102 Å². The van der Waals surface area contributed by atoms with Crippen LogP contribution in [0, 0.1) is 5.92 Å². The molecule has 1 saturated carbocycles. The minimum Gasteiger partial charge on any atom is -0.385 e. The zero-order valence-electron chi connectivity index (χ0n) is 9.55. The largest absolute Gasteiger partial charge is 0.417 e. The summed E-state index contributed by atoms with van der Waals surface area (Å²) < 4.78 is 38.5. The van der Waals surface area contributed by atoms with Gasteiger partial charge in [-0.25, -0.2) is 0 Å². The fourth-order valence-corrected chi connectivity index (χ4v) is 3.51. The molecule has 0 spiro atoms. The van der Waals surface area contributed by atoms with E-state index in [1.807, 2.05) is 6.92 Å². The quantitative estimate of drug-likeness (QED) is 0.807. The highest BCUT2D eigenvalue weighted by molar-refractivity contribution is 7.08. The van der Waals surface area contributed by atoms with Crippen LogP contribution in [0.3, 0.4) is 0 Å². The first-order valence-corrected chi connectivity index (χ1v) is 6.66. The lowest BCUT2D eigenvalue weighted by Crippen LogP contribution is -2.37. The molecule has 0 saturated heterocycles. The molecule has 1 N–H and O–H groups in total. The Bertz CT molecular complexity index is 399. The van der Waals surface area contributed by atoms with E-state index in [4.69, 9.17) is 0 Å². The Morgan fingerprint density at radius 3 is 2.65 bits per heavy atom. The predicted octanol–water partition coefficient (Wildman–Crippen LogP) is 4.16. The van der Waals surface area contributed by atoms with Gasteiger partial charge in [-0.2, -0.15) is 24.5 Å². The summed E-state index contributed by atoms with van der Waals surface area (Å²) in [6.45, 7) is 1.83. The summed E-state index contributed by atoms with van der Waals surface area (Å²) in [5.74, 6) is -0.119. The van der Waals surface area contributed by atoms with Gasteiger partial charge in [-0.3, -0.25) is 0 Å². The van der Waals surface area contributed by atoms with Gasteiger partial charge in [-0.15, -0.1) is 0 Å². The zero-order valence-corrected chi connectivity index (χ0v) is 10.4. The number of hydrogen-bond donors (Lipinski definition) is 1. The third-order valence-electron chi connectivity index (χ3n) is 3.69. The van der Waals surface area contributed by atoms with Gasteiger partial charge in [-0.05, 0) is 24.1 Å². The predicted molar refractivity (Wildman–Crippen MR) is 60.8 cm³/mol. The molecule has 1 aromatic heterocycles. The fourth-order valence-electron chi connectivity index (χ4n) is 2.58. The summed E-state index contributed by atoms with van der Waals surface area (Å²) in [4.78, 5) is 0. The lowest BCUT2D eigenvalue weighted by Gasteiger charge is -2.38. The standard InChI is InChI=1S/C12H15F3OS/c1-8-4-2-3-5-11(8,16)9-6-17-7-10(9)12(13,14)15/h6-8,16H,2-5H2,1H3. The third-order valence-corrected chi connectivity index (χ3v) is 4.44. The second kappa shape index (κ2) is 4.28. The van der Waals surface area contributed by atoms with E-state index in [9.17, 15) is 18.3 Å². The normalized spacial score (nSPS) is 30.5. The maximum Gasteiger partial charge on any atom is 0.417 e. The van der Waals surface area contributed by atoms with Crippen molar-refractivity contribution in [2.45, 2.75) is 44.4 Å². The van der Waals surface area contributed by atoms with Crippen LogP contribution in [0.15, 0.2) is 10.8 Å². The Morgan fingerprint density at radius 1 is 1.35 bits per heavy atom. The summed E-state index contributed by atoms with van der Waals surface area (Å²) in [6, 6.07) is 0. The van der Waals surface area contributed by atoms with Gasteiger partial charge in [-0.1, -0.05) is 19.8 Å². The Morgan fingerprint density at radius 2 is 2.06 bits per heavy atom. The molecule has 0 amide bonds. The zero-order chi connectivity index (χ0) is 12.7. The molecule has 2 unspecified atom stereocenters. The Balaban J connectivity index is 2.42. The smallest absolute Gasteiger partial charge is 0.385 e. The second-order valence-electron chi connectivity index (χ2n) is 4.77. The van der Waals surface area contributed by atoms with Crippen molar-refractivity contribution < 1.29 is 18.3 Å². The third kappa shape index (κ3) is 2.22.